The number of nitro groups is 1. The molecule has 0 spiro atoms. The lowest BCUT2D eigenvalue weighted by atomic mass is 10.1. The van der Waals surface area contributed by atoms with E-state index in [0.29, 0.717) is 12.5 Å². The number of aryl methyl sites for hydroxylation is 2. The summed E-state index contributed by atoms with van der Waals surface area (Å²) in [5, 5.41) is 19.3. The first-order valence-electron chi connectivity index (χ1n) is 9.59. The van der Waals surface area contributed by atoms with Gasteiger partial charge in [-0.15, -0.1) is 17.5 Å². The molecule has 30 heavy (non-hydrogen) atoms. The average molecular weight is 432 g/mol. The van der Waals surface area contributed by atoms with Crippen molar-refractivity contribution >= 4 is 30.1 Å². The first-order chi connectivity index (χ1) is 14.0. The minimum atomic E-state index is -0.388. The van der Waals surface area contributed by atoms with Crippen LogP contribution in [0.25, 0.3) is 6.08 Å². The minimum absolute atomic E-state index is 0. The fraction of sp³-hybridized carbons (Fsp3) is 0.350. The van der Waals surface area contributed by atoms with Crippen LogP contribution >= 0.6 is 12.4 Å². The van der Waals surface area contributed by atoms with Gasteiger partial charge < -0.3 is 10.7 Å². The molecule has 0 saturated carbocycles. The van der Waals surface area contributed by atoms with Crippen LogP contribution in [0, 0.1) is 10.1 Å². The van der Waals surface area contributed by atoms with E-state index in [0.717, 1.165) is 54.6 Å². The number of imidazole rings is 1. The molecule has 1 aromatic carbocycles. The van der Waals surface area contributed by atoms with Gasteiger partial charge in [0.15, 0.2) is 5.95 Å². The average Bonchev–Trinajstić information content (AvgIpc) is 3.30. The maximum Gasteiger partial charge on any atom is 0.270 e. The van der Waals surface area contributed by atoms with Gasteiger partial charge in [0.25, 0.3) is 5.69 Å². The van der Waals surface area contributed by atoms with Crippen molar-refractivity contribution in [1.82, 2.24) is 25.0 Å². The number of aromatic amines is 1. The Morgan fingerprint density at radius 1 is 1.30 bits per heavy atom. The van der Waals surface area contributed by atoms with Gasteiger partial charge in [0.1, 0.15) is 0 Å². The molecule has 2 aromatic heterocycles. The second-order valence-corrected chi connectivity index (χ2v) is 7.10. The lowest BCUT2D eigenvalue weighted by Gasteiger charge is -2.02. The van der Waals surface area contributed by atoms with Crippen LogP contribution in [0.5, 0.6) is 0 Å². The van der Waals surface area contributed by atoms with Crippen molar-refractivity contribution in [1.29, 1.82) is 0 Å². The number of aromatic nitrogens is 5. The van der Waals surface area contributed by atoms with E-state index in [4.69, 9.17) is 5.73 Å². The molecule has 0 aliphatic rings. The number of hydrogen-bond donors (Lipinski definition) is 2. The molecule has 10 heteroatoms. The Bertz CT molecular complexity index is 996. The van der Waals surface area contributed by atoms with Gasteiger partial charge in [-0.1, -0.05) is 35.4 Å². The number of nitrogen functional groups attached to an aromatic ring is 1. The highest BCUT2D eigenvalue weighted by Gasteiger charge is 2.06. The van der Waals surface area contributed by atoms with Gasteiger partial charge in [-0.05, 0) is 38.2 Å². The Hall–Kier alpha value is -3.20. The summed E-state index contributed by atoms with van der Waals surface area (Å²) in [5.74, 6) is 0.464. The quantitative estimate of drug-likeness (QED) is 0.284. The number of nitrogens with one attached hydrogen (secondary N) is 1. The summed E-state index contributed by atoms with van der Waals surface area (Å²) in [5.41, 5.74) is 9.54. The molecule has 3 N–H and O–H groups in total. The van der Waals surface area contributed by atoms with Crippen molar-refractivity contribution in [2.45, 2.75) is 45.6 Å². The number of allylic oxidation sites excluding steroid dienone is 1. The molecule has 0 aliphatic heterocycles. The molecular formula is C20H26ClN7O2. The summed E-state index contributed by atoms with van der Waals surface area (Å²) >= 11 is 0. The van der Waals surface area contributed by atoms with Crippen LogP contribution in [0.15, 0.2) is 42.2 Å². The zero-order valence-corrected chi connectivity index (χ0v) is 17.6. The molecule has 3 rings (SSSR count). The molecule has 0 amide bonds. The Morgan fingerprint density at radius 3 is 2.83 bits per heavy atom. The largest absolute Gasteiger partial charge is 0.369 e. The molecule has 160 valence electrons. The Labute approximate surface area is 181 Å². The van der Waals surface area contributed by atoms with Crippen LogP contribution in [0.2, 0.25) is 0 Å². The topological polar surface area (TPSA) is 129 Å². The minimum Gasteiger partial charge on any atom is -0.369 e. The van der Waals surface area contributed by atoms with E-state index in [1.165, 1.54) is 6.07 Å². The SMILES string of the molecule is C/C(=C\c1cccc([N+](=O)[O-])c1)Cn1cc(CCCCCc2cnc(N)[nH]2)nn1.Cl. The van der Waals surface area contributed by atoms with Crippen molar-refractivity contribution in [3.8, 4) is 0 Å². The third-order valence-corrected chi connectivity index (χ3v) is 4.52. The predicted molar refractivity (Wildman–Crippen MR) is 118 cm³/mol. The van der Waals surface area contributed by atoms with Gasteiger partial charge in [0.2, 0.25) is 0 Å². The van der Waals surface area contributed by atoms with Gasteiger partial charge in [-0.25, -0.2) is 9.67 Å². The van der Waals surface area contributed by atoms with Crippen molar-refractivity contribution in [2.75, 3.05) is 5.73 Å². The number of hydrogen-bond acceptors (Lipinski definition) is 6. The standard InChI is InChI=1S/C20H25N7O2.ClH/c1-15(10-16-6-5-9-19(11-16)27(28)29)13-26-14-18(24-25-26)8-4-2-3-7-17-12-22-20(21)23-17;/h5-6,9-12,14H,2-4,7-8,13H2,1H3,(H3,21,22,23);1H/b15-10+;. The van der Waals surface area contributed by atoms with E-state index in [9.17, 15) is 10.1 Å². The smallest absolute Gasteiger partial charge is 0.270 e. The van der Waals surface area contributed by atoms with Crippen molar-refractivity contribution in [3.63, 3.8) is 0 Å². The zero-order valence-electron chi connectivity index (χ0n) is 16.8. The van der Waals surface area contributed by atoms with Crippen LogP contribution in [-0.4, -0.2) is 29.9 Å². The summed E-state index contributed by atoms with van der Waals surface area (Å²) in [6, 6.07) is 6.58. The number of anilines is 1. The van der Waals surface area contributed by atoms with Crippen LogP contribution < -0.4 is 5.73 Å². The summed E-state index contributed by atoms with van der Waals surface area (Å²) in [4.78, 5) is 17.5. The van der Waals surface area contributed by atoms with E-state index >= 15 is 0 Å². The number of nitrogens with zero attached hydrogens (tertiary/aromatic N) is 5. The second-order valence-electron chi connectivity index (χ2n) is 7.10. The summed E-state index contributed by atoms with van der Waals surface area (Å²) in [6.45, 7) is 2.57. The fourth-order valence-corrected chi connectivity index (χ4v) is 3.15. The van der Waals surface area contributed by atoms with Gasteiger partial charge in [0, 0.05) is 24.0 Å². The normalized spacial score (nSPS) is 11.3. The Morgan fingerprint density at radius 2 is 2.10 bits per heavy atom. The monoisotopic (exact) mass is 431 g/mol. The highest BCUT2D eigenvalue weighted by Crippen LogP contribution is 2.16. The molecule has 0 radical (unpaired) electrons. The number of non-ortho nitro benzene ring substituents is 1. The molecule has 0 saturated heterocycles. The number of unbranched alkanes of at least 4 members (excludes halogenated alkanes) is 2. The molecule has 0 fully saturated rings. The van der Waals surface area contributed by atoms with Crippen molar-refractivity contribution < 1.29 is 4.92 Å². The van der Waals surface area contributed by atoms with Gasteiger partial charge in [0.05, 0.1) is 23.4 Å². The number of nitrogens with two attached hydrogens (primary N) is 1. The molecule has 0 aliphatic carbocycles. The number of rotatable bonds is 10. The summed E-state index contributed by atoms with van der Waals surface area (Å²) < 4.78 is 1.80. The predicted octanol–water partition coefficient (Wildman–Crippen LogP) is 3.97. The van der Waals surface area contributed by atoms with Crippen LogP contribution in [0.1, 0.15) is 43.1 Å². The van der Waals surface area contributed by atoms with Gasteiger partial charge in [-0.2, -0.15) is 0 Å². The Kier molecular flexibility index (Phi) is 8.54. The van der Waals surface area contributed by atoms with E-state index in [2.05, 4.69) is 20.3 Å². The molecule has 0 unspecified atom stereocenters. The first-order valence-corrected chi connectivity index (χ1v) is 9.59. The van der Waals surface area contributed by atoms with Gasteiger partial charge in [-0.3, -0.25) is 10.1 Å². The maximum absolute atomic E-state index is 10.9. The van der Waals surface area contributed by atoms with E-state index in [-0.39, 0.29) is 23.0 Å². The third-order valence-electron chi connectivity index (χ3n) is 4.52. The Balaban J connectivity index is 0.00000320. The molecule has 2 heterocycles. The van der Waals surface area contributed by atoms with Crippen LogP contribution in [0.3, 0.4) is 0 Å². The molecule has 0 atom stereocenters. The lowest BCUT2D eigenvalue weighted by Crippen LogP contribution is -2.00. The number of H-pyrrole nitrogens is 1. The van der Waals surface area contributed by atoms with Crippen molar-refractivity contribution in [3.05, 3.63) is 69.3 Å². The third kappa shape index (κ3) is 7.00. The first kappa shape index (κ1) is 23.1. The zero-order chi connectivity index (χ0) is 20.6. The highest BCUT2D eigenvalue weighted by atomic mass is 35.5. The lowest BCUT2D eigenvalue weighted by molar-refractivity contribution is -0.384. The summed E-state index contributed by atoms with van der Waals surface area (Å²) in [7, 11) is 0. The highest BCUT2D eigenvalue weighted by molar-refractivity contribution is 5.85. The number of halogens is 1. The second kappa shape index (κ2) is 11.1. The molecule has 0 bridgehead atoms. The van der Waals surface area contributed by atoms with Crippen molar-refractivity contribution in [2.24, 2.45) is 0 Å². The van der Waals surface area contributed by atoms with E-state index < -0.39 is 0 Å². The van der Waals surface area contributed by atoms with Crippen LogP contribution in [0.4, 0.5) is 11.6 Å². The fourth-order valence-electron chi connectivity index (χ4n) is 3.15. The van der Waals surface area contributed by atoms with Gasteiger partial charge >= 0.3 is 0 Å². The van der Waals surface area contributed by atoms with E-state index in [1.54, 1.807) is 23.0 Å². The molecular weight excluding hydrogens is 406 g/mol. The number of nitro benzene ring substituents is 1. The summed E-state index contributed by atoms with van der Waals surface area (Å²) in [6.07, 6.45) is 10.7. The van der Waals surface area contributed by atoms with Crippen LogP contribution in [-0.2, 0) is 19.4 Å². The number of benzene rings is 1. The maximum atomic E-state index is 10.9. The molecule has 3 aromatic rings. The molecule has 9 nitrogen and oxygen atoms in total. The van der Waals surface area contributed by atoms with E-state index in [1.807, 2.05) is 25.3 Å².